The summed E-state index contributed by atoms with van der Waals surface area (Å²) in [4.78, 5) is 6.59. The number of alkyl halides is 2. The molecule has 2 saturated heterocycles. The van der Waals surface area contributed by atoms with Crippen molar-refractivity contribution in [2.24, 2.45) is 4.99 Å². The first-order valence-electron chi connectivity index (χ1n) is 11.1. The Bertz CT molecular complexity index is 676. The number of guanidine groups is 1. The molecule has 2 aliphatic heterocycles. The minimum absolute atomic E-state index is 0. The average molecular weight is 568 g/mol. The van der Waals surface area contributed by atoms with Crippen LogP contribution in [0.4, 0.5) is 14.5 Å². The fourth-order valence-electron chi connectivity index (χ4n) is 3.93. The maximum Gasteiger partial charge on any atom is 0.387 e. The molecule has 0 amide bonds. The summed E-state index contributed by atoms with van der Waals surface area (Å²) in [5.74, 6) is 0.967. The van der Waals surface area contributed by atoms with Crippen molar-refractivity contribution in [1.29, 1.82) is 0 Å². The monoisotopic (exact) mass is 568 g/mol. The maximum atomic E-state index is 12.3. The lowest BCUT2D eigenvalue weighted by Gasteiger charge is -2.35. The van der Waals surface area contributed by atoms with Gasteiger partial charge in [0.2, 0.25) is 0 Å². The molecule has 2 fully saturated rings. The van der Waals surface area contributed by atoms with Crippen LogP contribution in [0, 0.1) is 0 Å². The number of anilines is 1. The van der Waals surface area contributed by atoms with Crippen LogP contribution in [0.1, 0.15) is 32.1 Å². The molecule has 2 aliphatic rings. The topological polar surface area (TPSA) is 67.4 Å². The van der Waals surface area contributed by atoms with E-state index in [0.29, 0.717) is 6.10 Å². The molecule has 2 heterocycles. The van der Waals surface area contributed by atoms with Gasteiger partial charge in [0.1, 0.15) is 5.75 Å². The Balaban J connectivity index is 0.00000363. The van der Waals surface area contributed by atoms with Crippen molar-refractivity contribution in [3.8, 4) is 5.75 Å². The Morgan fingerprint density at radius 1 is 1.22 bits per heavy atom. The van der Waals surface area contributed by atoms with Gasteiger partial charge in [-0.1, -0.05) is 0 Å². The van der Waals surface area contributed by atoms with E-state index in [4.69, 9.17) is 9.47 Å². The van der Waals surface area contributed by atoms with E-state index in [1.807, 2.05) is 12.1 Å². The number of piperidine rings is 1. The van der Waals surface area contributed by atoms with Crippen molar-refractivity contribution >= 4 is 35.6 Å². The summed E-state index contributed by atoms with van der Waals surface area (Å²) in [5, 5.41) is 6.86. The van der Waals surface area contributed by atoms with E-state index in [2.05, 4.69) is 25.3 Å². The van der Waals surface area contributed by atoms with Gasteiger partial charge in [0.15, 0.2) is 5.96 Å². The van der Waals surface area contributed by atoms with E-state index in [-0.39, 0.29) is 35.8 Å². The largest absolute Gasteiger partial charge is 0.435 e. The highest BCUT2D eigenvalue weighted by Gasteiger charge is 2.21. The van der Waals surface area contributed by atoms with Crippen molar-refractivity contribution in [2.75, 3.05) is 51.4 Å². The normalized spacial score (nSPS) is 20.1. The Hall–Kier alpha value is -1.40. The van der Waals surface area contributed by atoms with Crippen LogP contribution in [-0.2, 0) is 9.47 Å². The highest BCUT2D eigenvalue weighted by molar-refractivity contribution is 14.0. The number of ether oxygens (including phenoxy) is 3. The minimum Gasteiger partial charge on any atom is -0.435 e. The number of aliphatic imine (C=N–C) groups is 1. The second-order valence-corrected chi connectivity index (χ2v) is 7.84. The summed E-state index contributed by atoms with van der Waals surface area (Å²) in [6.45, 7) is 2.08. The third-order valence-corrected chi connectivity index (χ3v) is 5.55. The summed E-state index contributed by atoms with van der Waals surface area (Å²) in [6, 6.07) is 7.08. The molecule has 0 saturated carbocycles. The van der Waals surface area contributed by atoms with Crippen molar-refractivity contribution < 1.29 is 23.0 Å². The third-order valence-electron chi connectivity index (χ3n) is 5.55. The second-order valence-electron chi connectivity index (χ2n) is 7.84. The first kappa shape index (κ1) is 26.8. The molecular formula is C22H35F2IN4O3. The highest BCUT2D eigenvalue weighted by atomic mass is 127. The number of nitrogens with one attached hydrogen (secondary N) is 2. The third kappa shape index (κ3) is 9.22. The molecule has 10 heteroatoms. The van der Waals surface area contributed by atoms with Gasteiger partial charge >= 0.3 is 6.61 Å². The molecule has 7 nitrogen and oxygen atoms in total. The SMILES string of the molecule is CN=C(NCCCOC1CCOCC1)NC1CCCN(c2ccc(OC(F)F)cc2)C1.I. The summed E-state index contributed by atoms with van der Waals surface area (Å²) in [6.07, 6.45) is 5.31. The van der Waals surface area contributed by atoms with Crippen molar-refractivity contribution in [3.63, 3.8) is 0 Å². The molecule has 1 aromatic carbocycles. The predicted molar refractivity (Wildman–Crippen MR) is 133 cm³/mol. The van der Waals surface area contributed by atoms with Crippen LogP contribution in [0.25, 0.3) is 0 Å². The van der Waals surface area contributed by atoms with E-state index in [1.165, 1.54) is 0 Å². The number of hydrogen-bond acceptors (Lipinski definition) is 5. The smallest absolute Gasteiger partial charge is 0.387 e. The van der Waals surface area contributed by atoms with Crippen molar-refractivity contribution in [2.45, 2.75) is 50.9 Å². The van der Waals surface area contributed by atoms with Crippen LogP contribution in [-0.4, -0.2) is 71.2 Å². The number of hydrogen-bond donors (Lipinski definition) is 2. The number of halogens is 3. The molecule has 0 radical (unpaired) electrons. The first-order valence-corrected chi connectivity index (χ1v) is 11.1. The van der Waals surface area contributed by atoms with Crippen LogP contribution >= 0.6 is 24.0 Å². The lowest BCUT2D eigenvalue weighted by molar-refractivity contribution is -0.0498. The standard InChI is InChI=1S/C22H34F2N4O3.HI/c1-25-22(26-11-3-13-30-19-9-14-29-15-10-19)27-17-4-2-12-28(16-17)18-5-7-20(8-6-18)31-21(23)24;/h5-8,17,19,21H,2-4,9-16H2,1H3,(H2,25,26,27);1H. The van der Waals surface area contributed by atoms with Gasteiger partial charge in [-0.2, -0.15) is 8.78 Å². The van der Waals surface area contributed by atoms with Gasteiger partial charge < -0.3 is 29.7 Å². The average Bonchev–Trinajstić information content (AvgIpc) is 2.79. The van der Waals surface area contributed by atoms with Crippen LogP contribution < -0.4 is 20.3 Å². The number of benzene rings is 1. The van der Waals surface area contributed by atoms with Crippen molar-refractivity contribution in [1.82, 2.24) is 10.6 Å². The van der Waals surface area contributed by atoms with Gasteiger partial charge in [0.05, 0.1) is 6.10 Å². The molecule has 0 spiro atoms. The molecule has 0 aromatic heterocycles. The summed E-state index contributed by atoms with van der Waals surface area (Å²) in [7, 11) is 1.77. The fourth-order valence-corrected chi connectivity index (χ4v) is 3.93. The van der Waals surface area contributed by atoms with E-state index < -0.39 is 6.61 Å². The zero-order valence-electron chi connectivity index (χ0n) is 18.6. The Labute approximate surface area is 206 Å². The number of nitrogens with zero attached hydrogens (tertiary/aromatic N) is 2. The fraction of sp³-hybridized carbons (Fsp3) is 0.682. The lowest BCUT2D eigenvalue weighted by atomic mass is 10.0. The minimum atomic E-state index is -2.80. The van der Waals surface area contributed by atoms with Gasteiger partial charge in [-0.05, 0) is 56.4 Å². The molecule has 1 unspecified atom stereocenters. The zero-order chi connectivity index (χ0) is 21.9. The molecule has 3 rings (SSSR count). The Morgan fingerprint density at radius 2 is 1.97 bits per heavy atom. The van der Waals surface area contributed by atoms with Crippen LogP contribution in [0.2, 0.25) is 0 Å². The van der Waals surface area contributed by atoms with E-state index >= 15 is 0 Å². The van der Waals surface area contributed by atoms with Gasteiger partial charge in [0, 0.05) is 58.2 Å². The van der Waals surface area contributed by atoms with Crippen LogP contribution in [0.5, 0.6) is 5.75 Å². The molecular weight excluding hydrogens is 533 g/mol. The predicted octanol–water partition coefficient (Wildman–Crippen LogP) is 3.63. The summed E-state index contributed by atoms with van der Waals surface area (Å²) in [5.41, 5.74) is 1.00. The molecule has 32 heavy (non-hydrogen) atoms. The van der Waals surface area contributed by atoms with E-state index in [0.717, 1.165) is 83.2 Å². The first-order chi connectivity index (χ1) is 15.1. The van der Waals surface area contributed by atoms with E-state index in [9.17, 15) is 8.78 Å². The van der Waals surface area contributed by atoms with Gasteiger partial charge in [-0.15, -0.1) is 24.0 Å². The molecule has 182 valence electrons. The molecule has 0 bridgehead atoms. The summed E-state index contributed by atoms with van der Waals surface area (Å²) >= 11 is 0. The maximum absolute atomic E-state index is 12.3. The Morgan fingerprint density at radius 3 is 2.66 bits per heavy atom. The van der Waals surface area contributed by atoms with Crippen molar-refractivity contribution in [3.05, 3.63) is 24.3 Å². The highest BCUT2D eigenvalue weighted by Crippen LogP contribution is 2.23. The molecule has 1 aromatic rings. The zero-order valence-corrected chi connectivity index (χ0v) is 20.9. The second kappa shape index (κ2) is 14.7. The Kier molecular flexibility index (Phi) is 12.3. The summed E-state index contributed by atoms with van der Waals surface area (Å²) < 4.78 is 40.3. The van der Waals surface area contributed by atoms with E-state index in [1.54, 1.807) is 19.2 Å². The van der Waals surface area contributed by atoms with Crippen LogP contribution in [0.15, 0.2) is 29.3 Å². The van der Waals surface area contributed by atoms with Crippen LogP contribution in [0.3, 0.4) is 0 Å². The van der Waals surface area contributed by atoms with Gasteiger partial charge in [-0.25, -0.2) is 0 Å². The molecule has 0 aliphatic carbocycles. The quantitative estimate of drug-likeness (QED) is 0.206. The van der Waals surface area contributed by atoms with Gasteiger partial charge in [0.25, 0.3) is 0 Å². The molecule has 2 N–H and O–H groups in total. The number of rotatable bonds is 9. The van der Waals surface area contributed by atoms with Gasteiger partial charge in [-0.3, -0.25) is 4.99 Å². The lowest BCUT2D eigenvalue weighted by Crippen LogP contribution is -2.51. The molecule has 1 atom stereocenters.